The second-order valence-corrected chi connectivity index (χ2v) is 7.74. The van der Waals surface area contributed by atoms with Crippen molar-refractivity contribution in [3.8, 4) is 0 Å². The number of halogens is 1. The molecule has 1 fully saturated rings. The van der Waals surface area contributed by atoms with Crippen LogP contribution >= 0.6 is 39.9 Å². The average molecular weight is 416 g/mol. The number of benzene rings is 2. The number of aryl methyl sites for hydroxylation is 1. The molecular formula is C19H14BrNOS2. The van der Waals surface area contributed by atoms with Gasteiger partial charge in [-0.2, -0.15) is 0 Å². The molecule has 1 heterocycles. The van der Waals surface area contributed by atoms with Gasteiger partial charge < -0.3 is 0 Å². The molecule has 3 rings (SSSR count). The molecular weight excluding hydrogens is 402 g/mol. The van der Waals surface area contributed by atoms with E-state index >= 15 is 0 Å². The molecule has 0 saturated carbocycles. The van der Waals surface area contributed by atoms with Gasteiger partial charge in [-0.25, -0.2) is 0 Å². The molecule has 2 aromatic rings. The number of thioether (sulfide) groups is 1. The second kappa shape index (κ2) is 7.47. The van der Waals surface area contributed by atoms with E-state index in [-0.39, 0.29) is 5.91 Å². The molecule has 0 aromatic heterocycles. The first-order valence-corrected chi connectivity index (χ1v) is 9.34. The van der Waals surface area contributed by atoms with Crippen LogP contribution in [0, 0.1) is 6.92 Å². The molecule has 0 atom stereocenters. The van der Waals surface area contributed by atoms with E-state index in [1.165, 1.54) is 11.8 Å². The summed E-state index contributed by atoms with van der Waals surface area (Å²) in [5, 5.41) is 0. The van der Waals surface area contributed by atoms with Crippen LogP contribution in [-0.2, 0) is 4.79 Å². The molecule has 2 aromatic carbocycles. The van der Waals surface area contributed by atoms with Gasteiger partial charge in [0.25, 0.3) is 5.91 Å². The van der Waals surface area contributed by atoms with Crippen LogP contribution < -0.4 is 4.90 Å². The lowest BCUT2D eigenvalue weighted by molar-refractivity contribution is -0.113. The van der Waals surface area contributed by atoms with E-state index in [1.807, 2.05) is 73.7 Å². The van der Waals surface area contributed by atoms with E-state index in [4.69, 9.17) is 12.2 Å². The summed E-state index contributed by atoms with van der Waals surface area (Å²) in [6, 6.07) is 17.7. The first-order chi connectivity index (χ1) is 11.6. The number of hydrogen-bond donors (Lipinski definition) is 0. The third-order valence-electron chi connectivity index (χ3n) is 3.58. The third kappa shape index (κ3) is 3.53. The first kappa shape index (κ1) is 17.1. The lowest BCUT2D eigenvalue weighted by Gasteiger charge is -2.16. The minimum Gasteiger partial charge on any atom is -0.268 e. The van der Waals surface area contributed by atoms with Gasteiger partial charge in [-0.05, 0) is 36.3 Å². The zero-order chi connectivity index (χ0) is 17.1. The number of allylic oxidation sites excluding steroid dienone is 2. The minimum atomic E-state index is -0.0797. The molecule has 1 aliphatic rings. The van der Waals surface area contributed by atoms with Crippen LogP contribution in [0.1, 0.15) is 11.1 Å². The van der Waals surface area contributed by atoms with Gasteiger partial charge in [0, 0.05) is 4.48 Å². The topological polar surface area (TPSA) is 20.3 Å². The van der Waals surface area contributed by atoms with Crippen molar-refractivity contribution in [3.63, 3.8) is 0 Å². The van der Waals surface area contributed by atoms with E-state index in [1.54, 1.807) is 4.90 Å². The van der Waals surface area contributed by atoms with Crippen molar-refractivity contribution < 1.29 is 4.79 Å². The summed E-state index contributed by atoms with van der Waals surface area (Å²) in [4.78, 5) is 14.9. The van der Waals surface area contributed by atoms with E-state index in [2.05, 4.69) is 15.9 Å². The molecule has 1 saturated heterocycles. The maximum atomic E-state index is 12.7. The minimum absolute atomic E-state index is 0.0797. The number of thiocarbonyl (C=S) groups is 1. The summed E-state index contributed by atoms with van der Waals surface area (Å²) in [5.41, 5.74) is 2.92. The average Bonchev–Trinajstić information content (AvgIpc) is 2.88. The van der Waals surface area contributed by atoms with Gasteiger partial charge in [0.15, 0.2) is 4.32 Å². The molecule has 5 heteroatoms. The van der Waals surface area contributed by atoms with Crippen molar-refractivity contribution in [2.45, 2.75) is 6.92 Å². The predicted molar refractivity (Wildman–Crippen MR) is 110 cm³/mol. The zero-order valence-corrected chi connectivity index (χ0v) is 16.1. The van der Waals surface area contributed by atoms with Gasteiger partial charge in [0.2, 0.25) is 0 Å². The molecule has 0 unspecified atom stereocenters. The molecule has 0 N–H and O–H groups in total. The van der Waals surface area contributed by atoms with Crippen molar-refractivity contribution in [2.24, 2.45) is 0 Å². The predicted octanol–water partition coefficient (Wildman–Crippen LogP) is 5.68. The van der Waals surface area contributed by atoms with Crippen molar-refractivity contribution in [1.82, 2.24) is 0 Å². The van der Waals surface area contributed by atoms with Crippen molar-refractivity contribution in [1.29, 1.82) is 0 Å². The number of hydrogen-bond acceptors (Lipinski definition) is 3. The highest BCUT2D eigenvalue weighted by atomic mass is 79.9. The Kier molecular flexibility index (Phi) is 5.33. The number of anilines is 1. The first-order valence-electron chi connectivity index (χ1n) is 7.33. The maximum absolute atomic E-state index is 12.7. The van der Waals surface area contributed by atoms with Gasteiger partial charge in [-0.1, -0.05) is 88.4 Å². The zero-order valence-electron chi connectivity index (χ0n) is 12.9. The fourth-order valence-corrected chi connectivity index (χ4v) is 3.97. The van der Waals surface area contributed by atoms with Crippen LogP contribution in [-0.4, -0.2) is 10.2 Å². The Labute approximate surface area is 159 Å². The number of carbonyl (C=O) groups is 1. The van der Waals surface area contributed by atoms with Gasteiger partial charge in [-0.15, -0.1) is 0 Å². The second-order valence-electron chi connectivity index (χ2n) is 5.21. The smallest absolute Gasteiger partial charge is 0.268 e. The quantitative estimate of drug-likeness (QED) is 0.474. The number of para-hydroxylation sites is 1. The summed E-state index contributed by atoms with van der Waals surface area (Å²) >= 11 is 10.3. The Morgan fingerprint density at radius 1 is 1.12 bits per heavy atom. The Morgan fingerprint density at radius 2 is 1.79 bits per heavy atom. The summed E-state index contributed by atoms with van der Waals surface area (Å²) in [7, 11) is 0. The van der Waals surface area contributed by atoms with Crippen molar-refractivity contribution in [3.05, 3.63) is 82.8 Å². The monoisotopic (exact) mass is 415 g/mol. The molecule has 2 nitrogen and oxygen atoms in total. The number of carbonyl (C=O) groups excluding carboxylic acids is 1. The van der Waals surface area contributed by atoms with Gasteiger partial charge in [0.1, 0.15) is 0 Å². The molecule has 0 spiro atoms. The summed E-state index contributed by atoms with van der Waals surface area (Å²) in [6.45, 7) is 1.98. The molecule has 1 aliphatic heterocycles. The Balaban J connectivity index is 1.88. The van der Waals surface area contributed by atoms with Gasteiger partial charge in [0.05, 0.1) is 10.6 Å². The SMILES string of the molecule is Cc1ccccc1N1C(=O)/C(=C/C=C(/Br)c2ccccc2)SC1=S. The van der Waals surface area contributed by atoms with Gasteiger partial charge in [-0.3, -0.25) is 9.69 Å². The number of amides is 1. The Bertz CT molecular complexity index is 859. The third-order valence-corrected chi connectivity index (χ3v) is 5.62. The van der Waals surface area contributed by atoms with Crippen LogP contribution in [0.5, 0.6) is 0 Å². The highest BCUT2D eigenvalue weighted by molar-refractivity contribution is 9.15. The summed E-state index contributed by atoms with van der Waals surface area (Å²) in [5.74, 6) is -0.0797. The number of rotatable bonds is 3. The molecule has 24 heavy (non-hydrogen) atoms. The highest BCUT2D eigenvalue weighted by Crippen LogP contribution is 2.36. The van der Waals surface area contributed by atoms with Crippen molar-refractivity contribution in [2.75, 3.05) is 4.90 Å². The lowest BCUT2D eigenvalue weighted by Crippen LogP contribution is -2.28. The van der Waals surface area contributed by atoms with E-state index < -0.39 is 0 Å². The fraction of sp³-hybridized carbons (Fsp3) is 0.0526. The van der Waals surface area contributed by atoms with Crippen LogP contribution in [0.3, 0.4) is 0 Å². The largest absolute Gasteiger partial charge is 0.270 e. The van der Waals surface area contributed by atoms with E-state index in [0.29, 0.717) is 9.23 Å². The van der Waals surface area contributed by atoms with E-state index in [0.717, 1.165) is 21.3 Å². The Hall–Kier alpha value is -1.69. The van der Waals surface area contributed by atoms with Crippen LogP contribution in [0.2, 0.25) is 0 Å². The molecule has 0 aliphatic carbocycles. The Morgan fingerprint density at radius 3 is 2.50 bits per heavy atom. The number of nitrogens with zero attached hydrogens (tertiary/aromatic N) is 1. The van der Waals surface area contributed by atoms with E-state index in [9.17, 15) is 4.79 Å². The van der Waals surface area contributed by atoms with Crippen LogP contribution in [0.25, 0.3) is 4.48 Å². The normalized spacial score (nSPS) is 17.0. The van der Waals surface area contributed by atoms with Crippen LogP contribution in [0.4, 0.5) is 5.69 Å². The van der Waals surface area contributed by atoms with Crippen molar-refractivity contribution >= 4 is 60.3 Å². The molecule has 1 amide bonds. The van der Waals surface area contributed by atoms with Gasteiger partial charge >= 0.3 is 0 Å². The summed E-state index contributed by atoms with van der Waals surface area (Å²) < 4.78 is 1.48. The van der Waals surface area contributed by atoms with Crippen LogP contribution in [0.15, 0.2) is 71.7 Å². The fourth-order valence-electron chi connectivity index (χ4n) is 2.35. The molecule has 0 radical (unpaired) electrons. The highest BCUT2D eigenvalue weighted by Gasteiger charge is 2.33. The maximum Gasteiger partial charge on any atom is 0.270 e. The standard InChI is InChI=1S/C19H14BrNOS2/c1-13-7-5-6-10-16(13)21-18(22)17(24-19(21)23)12-11-15(20)14-8-3-2-4-9-14/h2-12H,1H3/b15-11+,17-12-. The lowest BCUT2D eigenvalue weighted by atomic mass is 10.2. The summed E-state index contributed by atoms with van der Waals surface area (Å²) in [6.07, 6.45) is 3.70. The molecule has 120 valence electrons. The molecule has 0 bridgehead atoms.